The van der Waals surface area contributed by atoms with E-state index in [1.807, 2.05) is 6.07 Å². The number of carbonyl (C=O) groups is 1. The molecule has 4 rings (SSSR count). The minimum atomic E-state index is -0.424. The second-order valence-electron chi connectivity index (χ2n) is 7.98. The highest BCUT2D eigenvalue weighted by Crippen LogP contribution is 2.32. The molecule has 0 atom stereocenters. The van der Waals surface area contributed by atoms with Crippen molar-refractivity contribution in [1.29, 1.82) is 0 Å². The second-order valence-corrected chi connectivity index (χ2v) is 7.98. The minimum absolute atomic E-state index is 0.155. The van der Waals surface area contributed by atoms with Crippen LogP contribution in [0.15, 0.2) is 36.7 Å². The molecule has 0 unspecified atom stereocenters. The van der Waals surface area contributed by atoms with E-state index in [4.69, 9.17) is 16.3 Å². The van der Waals surface area contributed by atoms with Gasteiger partial charge in [-0.1, -0.05) is 18.6 Å². The molecular formula is C22H26FN5O2. The molecule has 7 nitrogen and oxygen atoms in total. The van der Waals surface area contributed by atoms with Gasteiger partial charge in [0.25, 0.3) is 5.91 Å². The van der Waals surface area contributed by atoms with Crippen LogP contribution >= 0.6 is 0 Å². The van der Waals surface area contributed by atoms with Crippen LogP contribution in [0.3, 0.4) is 0 Å². The molecule has 1 aromatic carbocycles. The van der Waals surface area contributed by atoms with Crippen molar-refractivity contribution in [3.05, 3.63) is 64.7 Å². The van der Waals surface area contributed by atoms with E-state index in [0.717, 1.165) is 18.4 Å². The van der Waals surface area contributed by atoms with Gasteiger partial charge in [-0.2, -0.15) is 0 Å². The van der Waals surface area contributed by atoms with Gasteiger partial charge in [-0.15, -0.1) is 0 Å². The minimum Gasteiger partial charge on any atom is -0.477 e. The Morgan fingerprint density at radius 3 is 2.87 bits per heavy atom. The summed E-state index contributed by atoms with van der Waals surface area (Å²) in [7, 11) is 1.63. The molecule has 158 valence electrons. The summed E-state index contributed by atoms with van der Waals surface area (Å²) < 4.78 is 20.5. The Balaban J connectivity index is 1.48. The predicted octanol–water partition coefficient (Wildman–Crippen LogP) is 2.62. The number of carbonyl (C=O) groups excluding carboxylic acids is 1. The largest absolute Gasteiger partial charge is 0.477 e. The number of hydrogen-bond donors (Lipinski definition) is 2. The number of hydrogen-bond acceptors (Lipinski definition) is 6. The first-order chi connectivity index (χ1) is 14.4. The van der Waals surface area contributed by atoms with E-state index in [9.17, 15) is 9.18 Å². The maximum atomic E-state index is 14.7. The van der Waals surface area contributed by atoms with E-state index >= 15 is 0 Å². The van der Waals surface area contributed by atoms with Crippen molar-refractivity contribution in [3.63, 3.8) is 0 Å². The van der Waals surface area contributed by atoms with Crippen LogP contribution in [-0.2, 0) is 13.1 Å². The predicted molar refractivity (Wildman–Crippen MR) is 111 cm³/mol. The SMILES string of the molecule is CN(N)/C=C(\N)c1ccc(CN2Cc3ccnc(OCC4CCC4)c3C2=O)c(F)c1. The van der Waals surface area contributed by atoms with Crippen LogP contribution in [0.1, 0.15) is 46.3 Å². The van der Waals surface area contributed by atoms with E-state index in [2.05, 4.69) is 4.98 Å². The van der Waals surface area contributed by atoms with Crippen molar-refractivity contribution in [2.24, 2.45) is 17.5 Å². The number of benzene rings is 1. The van der Waals surface area contributed by atoms with Gasteiger partial charge in [-0.05, 0) is 36.5 Å². The van der Waals surface area contributed by atoms with Crippen molar-refractivity contribution in [2.45, 2.75) is 32.4 Å². The second kappa shape index (κ2) is 8.31. The maximum Gasteiger partial charge on any atom is 0.260 e. The van der Waals surface area contributed by atoms with Crippen LogP contribution in [-0.4, -0.2) is 34.5 Å². The molecule has 30 heavy (non-hydrogen) atoms. The molecule has 1 saturated carbocycles. The van der Waals surface area contributed by atoms with E-state index in [1.165, 1.54) is 23.7 Å². The quantitative estimate of drug-likeness (QED) is 0.537. The highest BCUT2D eigenvalue weighted by Gasteiger charge is 2.32. The summed E-state index contributed by atoms with van der Waals surface area (Å²) in [6.45, 7) is 1.14. The fourth-order valence-corrected chi connectivity index (χ4v) is 3.72. The highest BCUT2D eigenvalue weighted by molar-refractivity contribution is 6.00. The van der Waals surface area contributed by atoms with Crippen LogP contribution in [0.5, 0.6) is 5.88 Å². The Morgan fingerprint density at radius 1 is 1.40 bits per heavy atom. The molecule has 2 heterocycles. The lowest BCUT2D eigenvalue weighted by molar-refractivity contribution is 0.0759. The zero-order valence-electron chi connectivity index (χ0n) is 17.0. The molecule has 0 radical (unpaired) electrons. The highest BCUT2D eigenvalue weighted by atomic mass is 19.1. The number of fused-ring (bicyclic) bond motifs is 1. The van der Waals surface area contributed by atoms with Gasteiger partial charge in [0.15, 0.2) is 0 Å². The maximum absolute atomic E-state index is 14.7. The summed E-state index contributed by atoms with van der Waals surface area (Å²) in [6.07, 6.45) is 6.71. The van der Waals surface area contributed by atoms with Gasteiger partial charge in [-0.3, -0.25) is 4.79 Å². The number of ether oxygens (including phenoxy) is 1. The van der Waals surface area contributed by atoms with Crippen LogP contribution in [0.2, 0.25) is 0 Å². The number of rotatable bonds is 7. The number of aromatic nitrogens is 1. The number of hydrazine groups is 1. The average molecular weight is 411 g/mol. The van der Waals surface area contributed by atoms with Crippen LogP contribution in [0, 0.1) is 11.7 Å². The van der Waals surface area contributed by atoms with Gasteiger partial charge in [0.2, 0.25) is 5.88 Å². The molecule has 0 spiro atoms. The Hall–Kier alpha value is -3.13. The normalized spacial score (nSPS) is 16.4. The fraction of sp³-hybridized carbons (Fsp3) is 0.364. The van der Waals surface area contributed by atoms with Crippen molar-refractivity contribution in [2.75, 3.05) is 13.7 Å². The monoisotopic (exact) mass is 411 g/mol. The van der Waals surface area contributed by atoms with Crippen molar-refractivity contribution >= 4 is 11.6 Å². The summed E-state index contributed by atoms with van der Waals surface area (Å²) in [6, 6.07) is 6.53. The molecule has 1 aliphatic heterocycles. The lowest BCUT2D eigenvalue weighted by atomic mass is 9.86. The van der Waals surface area contributed by atoms with Gasteiger partial charge in [-0.25, -0.2) is 15.2 Å². The van der Waals surface area contributed by atoms with E-state index in [0.29, 0.717) is 47.3 Å². The summed E-state index contributed by atoms with van der Waals surface area (Å²) in [5.41, 5.74) is 8.57. The lowest BCUT2D eigenvalue weighted by Crippen LogP contribution is -2.25. The lowest BCUT2D eigenvalue weighted by Gasteiger charge is -2.25. The van der Waals surface area contributed by atoms with Crippen LogP contribution < -0.4 is 16.3 Å². The molecule has 2 aromatic rings. The first-order valence-electron chi connectivity index (χ1n) is 10.1. The summed E-state index contributed by atoms with van der Waals surface area (Å²) in [5, 5.41) is 1.31. The molecule has 4 N–H and O–H groups in total. The standard InChI is InChI=1S/C22H26FN5O2/c1-27(25)12-19(24)15-5-6-16(18(23)9-15)10-28-11-17-7-8-26-21(20(17)22(28)29)30-13-14-3-2-4-14/h5-9,12,14H,2-4,10-11,13,24-25H2,1H3/b19-12-. The van der Waals surface area contributed by atoms with Gasteiger partial charge >= 0.3 is 0 Å². The molecule has 1 amide bonds. The van der Waals surface area contributed by atoms with E-state index in [1.54, 1.807) is 30.3 Å². The third-order valence-electron chi connectivity index (χ3n) is 5.64. The van der Waals surface area contributed by atoms with Gasteiger partial charge in [0, 0.05) is 43.7 Å². The van der Waals surface area contributed by atoms with Crippen molar-refractivity contribution < 1.29 is 13.9 Å². The van der Waals surface area contributed by atoms with Crippen molar-refractivity contribution in [1.82, 2.24) is 14.9 Å². The number of amides is 1. The molecule has 1 fully saturated rings. The molecule has 1 aliphatic carbocycles. The van der Waals surface area contributed by atoms with Gasteiger partial charge < -0.3 is 20.4 Å². The smallest absolute Gasteiger partial charge is 0.260 e. The zero-order chi connectivity index (χ0) is 21.3. The Bertz CT molecular complexity index is 987. The van der Waals surface area contributed by atoms with Gasteiger partial charge in [0.1, 0.15) is 11.4 Å². The number of nitrogens with two attached hydrogens (primary N) is 2. The Kier molecular flexibility index (Phi) is 5.59. The Labute approximate surface area is 175 Å². The van der Waals surface area contributed by atoms with Crippen molar-refractivity contribution in [3.8, 4) is 5.88 Å². The van der Waals surface area contributed by atoms with Gasteiger partial charge in [0.05, 0.1) is 12.3 Å². The van der Waals surface area contributed by atoms with Crippen LogP contribution in [0.25, 0.3) is 5.70 Å². The third kappa shape index (κ3) is 4.09. The molecule has 1 aromatic heterocycles. The first-order valence-corrected chi connectivity index (χ1v) is 10.1. The number of pyridine rings is 1. The van der Waals surface area contributed by atoms with Crippen LogP contribution in [0.4, 0.5) is 4.39 Å². The zero-order valence-corrected chi connectivity index (χ0v) is 17.0. The molecule has 0 saturated heterocycles. The summed E-state index contributed by atoms with van der Waals surface area (Å²) in [5.74, 6) is 5.87. The van der Waals surface area contributed by atoms with E-state index in [-0.39, 0.29) is 12.5 Å². The summed E-state index contributed by atoms with van der Waals surface area (Å²) >= 11 is 0. The topological polar surface area (TPSA) is 97.7 Å². The number of halogens is 1. The third-order valence-corrected chi connectivity index (χ3v) is 5.64. The summed E-state index contributed by atoms with van der Waals surface area (Å²) in [4.78, 5) is 18.9. The molecule has 8 heteroatoms. The number of nitrogens with zero attached hydrogens (tertiary/aromatic N) is 3. The van der Waals surface area contributed by atoms with E-state index < -0.39 is 5.82 Å². The Morgan fingerprint density at radius 2 is 2.20 bits per heavy atom. The molecular weight excluding hydrogens is 385 g/mol. The fourth-order valence-electron chi connectivity index (χ4n) is 3.72. The molecule has 2 aliphatic rings. The molecule has 0 bridgehead atoms. The average Bonchev–Trinajstić information content (AvgIpc) is 2.98. The first kappa shape index (κ1) is 20.2.